The Morgan fingerprint density at radius 1 is 0.824 bits per heavy atom. The molecule has 4 rings (SSSR count). The molecule has 0 bridgehead atoms. The average Bonchev–Trinajstić information content (AvgIpc) is 2.94. The third kappa shape index (κ3) is 3.85. The van der Waals surface area contributed by atoms with Crippen LogP contribution in [-0.4, -0.2) is 25.2 Å². The number of carbonyl (C=O) groups excluding carboxylic acids is 2. The van der Waals surface area contributed by atoms with Crippen LogP contribution in [-0.2, 0) is 19.1 Å². The smallest absolute Gasteiger partial charge is 0.327 e. The van der Waals surface area contributed by atoms with E-state index in [9.17, 15) is 9.59 Å². The number of anilines is 1. The Bertz CT molecular complexity index is 1120. The lowest BCUT2D eigenvalue weighted by molar-refractivity contribution is -0.175. The van der Waals surface area contributed by atoms with Gasteiger partial charge >= 0.3 is 11.9 Å². The van der Waals surface area contributed by atoms with Crippen molar-refractivity contribution in [3.05, 3.63) is 101 Å². The van der Waals surface area contributed by atoms with Crippen molar-refractivity contribution < 1.29 is 19.1 Å². The molecule has 0 N–H and O–H groups in total. The molecule has 1 fully saturated rings. The summed E-state index contributed by atoms with van der Waals surface area (Å²) in [6, 6.07) is 15.4. The Morgan fingerprint density at radius 3 is 1.94 bits per heavy atom. The number of carbonyl (C=O) groups is 2. The van der Waals surface area contributed by atoms with E-state index in [4.69, 9.17) is 9.47 Å². The molecule has 0 aromatic heterocycles. The van der Waals surface area contributed by atoms with E-state index < -0.39 is 29.3 Å². The Balaban J connectivity index is 2.07. The fourth-order valence-corrected chi connectivity index (χ4v) is 4.96. The maximum atomic E-state index is 13.9. The summed E-state index contributed by atoms with van der Waals surface area (Å²) in [6.45, 7) is 7.89. The zero-order valence-corrected chi connectivity index (χ0v) is 20.2. The second-order valence-corrected chi connectivity index (χ2v) is 8.67. The number of fused-ring (bicyclic) bond motifs is 1. The van der Waals surface area contributed by atoms with Crippen molar-refractivity contribution in [2.24, 2.45) is 11.3 Å². The highest BCUT2D eigenvalue weighted by atomic mass is 16.6. The van der Waals surface area contributed by atoms with Gasteiger partial charge in [0.05, 0.1) is 19.3 Å². The van der Waals surface area contributed by atoms with Crippen molar-refractivity contribution in [1.82, 2.24) is 0 Å². The quantitative estimate of drug-likeness (QED) is 0.417. The van der Waals surface area contributed by atoms with Crippen LogP contribution in [0.25, 0.3) is 0 Å². The standard InChI is InChI=1S/C29H31NO4/c1-5-33-27(31)29(28(32)34-6-2)24-10-8-7-9-11-25(24)30(23-18-14-21(4)15-19-23)26(29)22-16-12-20(3)13-17-22/h7-19,24,26H,5-6H2,1-4H3/t24-,26+/m1/s1. The van der Waals surface area contributed by atoms with E-state index in [1.807, 2.05) is 92.8 Å². The van der Waals surface area contributed by atoms with E-state index in [0.29, 0.717) is 0 Å². The number of hydrogen-bond donors (Lipinski definition) is 0. The molecule has 5 nitrogen and oxygen atoms in total. The number of hydrogen-bond acceptors (Lipinski definition) is 5. The molecule has 1 heterocycles. The molecular formula is C29H31NO4. The number of nitrogens with zero attached hydrogens (tertiary/aromatic N) is 1. The van der Waals surface area contributed by atoms with Crippen LogP contribution in [0.2, 0.25) is 0 Å². The van der Waals surface area contributed by atoms with Gasteiger partial charge in [0.25, 0.3) is 0 Å². The minimum atomic E-state index is -1.61. The highest BCUT2D eigenvalue weighted by molar-refractivity contribution is 6.04. The summed E-state index contributed by atoms with van der Waals surface area (Å²) in [6.07, 6.45) is 9.61. The van der Waals surface area contributed by atoms with Crippen LogP contribution in [0.4, 0.5) is 5.69 Å². The molecule has 0 spiro atoms. The predicted octanol–water partition coefficient (Wildman–Crippen LogP) is 5.60. The lowest BCUT2D eigenvalue weighted by atomic mass is 9.69. The van der Waals surface area contributed by atoms with Gasteiger partial charge in [-0.05, 0) is 51.5 Å². The summed E-state index contributed by atoms with van der Waals surface area (Å²) in [4.78, 5) is 29.9. The van der Waals surface area contributed by atoms with Gasteiger partial charge < -0.3 is 14.4 Å². The molecule has 34 heavy (non-hydrogen) atoms. The minimum absolute atomic E-state index is 0.166. The summed E-state index contributed by atoms with van der Waals surface area (Å²) in [5, 5.41) is 0. The largest absolute Gasteiger partial charge is 0.465 e. The lowest BCUT2D eigenvalue weighted by Gasteiger charge is -2.36. The molecule has 0 saturated carbocycles. The number of ether oxygens (including phenoxy) is 2. The molecule has 1 aliphatic carbocycles. The van der Waals surface area contributed by atoms with Crippen LogP contribution in [0.3, 0.4) is 0 Å². The fraction of sp³-hybridized carbons (Fsp3) is 0.310. The highest BCUT2D eigenvalue weighted by Gasteiger charge is 2.68. The highest BCUT2D eigenvalue weighted by Crippen LogP contribution is 2.59. The van der Waals surface area contributed by atoms with E-state index >= 15 is 0 Å². The van der Waals surface area contributed by atoms with Gasteiger partial charge in [-0.3, -0.25) is 9.59 Å². The first kappa shape index (κ1) is 23.6. The van der Waals surface area contributed by atoms with Crippen molar-refractivity contribution in [3.63, 3.8) is 0 Å². The zero-order chi connectivity index (χ0) is 24.3. The number of allylic oxidation sites excluding steroid dienone is 5. The molecule has 2 atom stereocenters. The van der Waals surface area contributed by atoms with Gasteiger partial charge in [-0.15, -0.1) is 0 Å². The first-order chi connectivity index (χ1) is 16.4. The Morgan fingerprint density at radius 2 is 1.38 bits per heavy atom. The van der Waals surface area contributed by atoms with E-state index in [0.717, 1.165) is 28.1 Å². The van der Waals surface area contributed by atoms with Crippen molar-refractivity contribution in [2.45, 2.75) is 33.7 Å². The van der Waals surface area contributed by atoms with Crippen molar-refractivity contribution in [2.75, 3.05) is 18.1 Å². The normalized spacial score (nSPS) is 20.4. The molecule has 5 heteroatoms. The second kappa shape index (κ2) is 9.72. The van der Waals surface area contributed by atoms with Crippen molar-refractivity contribution in [1.29, 1.82) is 0 Å². The molecule has 2 aliphatic rings. The molecule has 0 unspecified atom stereocenters. The van der Waals surface area contributed by atoms with E-state index in [1.165, 1.54) is 0 Å². The third-order valence-corrected chi connectivity index (χ3v) is 6.50. The van der Waals surface area contributed by atoms with Crippen molar-refractivity contribution in [3.8, 4) is 0 Å². The van der Waals surface area contributed by atoms with Crippen LogP contribution in [0.5, 0.6) is 0 Å². The average molecular weight is 458 g/mol. The van der Waals surface area contributed by atoms with Crippen LogP contribution < -0.4 is 4.90 Å². The van der Waals surface area contributed by atoms with Gasteiger partial charge in [-0.2, -0.15) is 0 Å². The number of benzene rings is 2. The molecule has 2 aromatic rings. The van der Waals surface area contributed by atoms with E-state index in [1.54, 1.807) is 13.8 Å². The van der Waals surface area contributed by atoms with Gasteiger partial charge in [0, 0.05) is 17.3 Å². The topological polar surface area (TPSA) is 55.8 Å². The lowest BCUT2D eigenvalue weighted by Crippen LogP contribution is -2.49. The number of esters is 2. The first-order valence-electron chi connectivity index (χ1n) is 11.8. The first-order valence-corrected chi connectivity index (χ1v) is 11.8. The van der Waals surface area contributed by atoms with E-state index in [-0.39, 0.29) is 13.2 Å². The molecule has 0 amide bonds. The molecule has 176 valence electrons. The summed E-state index contributed by atoms with van der Waals surface area (Å²) < 4.78 is 11.2. The van der Waals surface area contributed by atoms with Gasteiger partial charge in [-0.25, -0.2) is 0 Å². The third-order valence-electron chi connectivity index (χ3n) is 6.50. The van der Waals surface area contributed by atoms with Crippen LogP contribution in [0.1, 0.15) is 36.6 Å². The van der Waals surface area contributed by atoms with Gasteiger partial charge in [0.15, 0.2) is 0 Å². The van der Waals surface area contributed by atoms with Gasteiger partial charge in [0.2, 0.25) is 5.41 Å². The van der Waals surface area contributed by atoms with Gasteiger partial charge in [-0.1, -0.05) is 71.8 Å². The monoisotopic (exact) mass is 457 g/mol. The summed E-state index contributed by atoms with van der Waals surface area (Å²) in [7, 11) is 0. The summed E-state index contributed by atoms with van der Waals surface area (Å²) in [5.74, 6) is -1.71. The Labute approximate surface area is 201 Å². The minimum Gasteiger partial charge on any atom is -0.465 e. The number of rotatable bonds is 6. The Kier molecular flexibility index (Phi) is 6.73. The predicted molar refractivity (Wildman–Crippen MR) is 133 cm³/mol. The zero-order valence-electron chi connectivity index (χ0n) is 20.2. The fourth-order valence-electron chi connectivity index (χ4n) is 4.96. The van der Waals surface area contributed by atoms with Crippen LogP contribution in [0.15, 0.2) is 84.6 Å². The van der Waals surface area contributed by atoms with Crippen LogP contribution in [0, 0.1) is 25.2 Å². The summed E-state index contributed by atoms with van der Waals surface area (Å²) in [5.41, 5.74) is 3.20. The second-order valence-electron chi connectivity index (χ2n) is 8.67. The van der Waals surface area contributed by atoms with Gasteiger partial charge in [0.1, 0.15) is 0 Å². The molecule has 2 aromatic carbocycles. The maximum Gasteiger partial charge on any atom is 0.327 e. The van der Waals surface area contributed by atoms with Crippen molar-refractivity contribution >= 4 is 17.6 Å². The molecular weight excluding hydrogens is 426 g/mol. The molecule has 1 aliphatic heterocycles. The number of aryl methyl sites for hydroxylation is 2. The SMILES string of the molecule is CCOC(=O)C1(C(=O)OCC)[C@@H]2C=CC=CC=C2N(c2ccc(C)cc2)[C@H]1c1ccc(C)cc1. The maximum absolute atomic E-state index is 13.9. The molecule has 0 radical (unpaired) electrons. The van der Waals surface area contributed by atoms with Crippen LogP contribution >= 0.6 is 0 Å². The Hall–Kier alpha value is -3.60. The molecule has 1 saturated heterocycles. The van der Waals surface area contributed by atoms with E-state index in [2.05, 4.69) is 4.90 Å². The summed E-state index contributed by atoms with van der Waals surface area (Å²) >= 11 is 0.